The molecule has 0 spiro atoms. The summed E-state index contributed by atoms with van der Waals surface area (Å²) in [6.07, 6.45) is 6.43. The summed E-state index contributed by atoms with van der Waals surface area (Å²) in [6.45, 7) is 4.60. The Labute approximate surface area is 206 Å². The lowest BCUT2D eigenvalue weighted by Gasteiger charge is -2.29. The maximum atomic E-state index is 15.1. The predicted octanol–water partition coefficient (Wildman–Crippen LogP) is 8.82. The van der Waals surface area contributed by atoms with Crippen LogP contribution in [0.5, 0.6) is 11.5 Å². The van der Waals surface area contributed by atoms with Gasteiger partial charge in [0, 0.05) is 11.6 Å². The van der Waals surface area contributed by atoms with E-state index in [1.54, 1.807) is 49.4 Å². The second-order valence-corrected chi connectivity index (χ2v) is 9.35. The minimum Gasteiger partial charge on any atom is -0.491 e. The molecule has 3 aromatic rings. The molecule has 186 valence electrons. The van der Waals surface area contributed by atoms with Gasteiger partial charge in [0.1, 0.15) is 12.4 Å². The molecular weight excluding hydrogens is 449 g/mol. The van der Waals surface area contributed by atoms with Crippen molar-refractivity contribution in [2.45, 2.75) is 64.9 Å². The molecule has 1 saturated carbocycles. The third kappa shape index (κ3) is 6.01. The lowest BCUT2D eigenvalue weighted by atomic mass is 9.77. The Kier molecular flexibility index (Phi) is 8.37. The van der Waals surface area contributed by atoms with Crippen molar-refractivity contribution >= 4 is 0 Å². The summed E-state index contributed by atoms with van der Waals surface area (Å²) in [6, 6.07) is 15.1. The number of ether oxygens (including phenoxy) is 2. The molecule has 2 nitrogen and oxygen atoms in total. The van der Waals surface area contributed by atoms with Crippen LogP contribution in [0.25, 0.3) is 11.1 Å². The summed E-state index contributed by atoms with van der Waals surface area (Å²) in [7, 11) is 0. The fourth-order valence-electron chi connectivity index (χ4n) is 5.06. The quantitative estimate of drug-likeness (QED) is 0.303. The molecule has 4 rings (SSSR count). The van der Waals surface area contributed by atoms with E-state index in [9.17, 15) is 4.39 Å². The van der Waals surface area contributed by atoms with Gasteiger partial charge in [-0.3, -0.25) is 0 Å². The van der Waals surface area contributed by atoms with Crippen molar-refractivity contribution in [3.8, 4) is 22.6 Å². The highest BCUT2D eigenvalue weighted by molar-refractivity contribution is 5.65. The molecule has 0 saturated heterocycles. The predicted molar refractivity (Wildman–Crippen MR) is 133 cm³/mol. The third-order valence-corrected chi connectivity index (χ3v) is 6.97. The molecule has 0 heterocycles. The second kappa shape index (κ2) is 11.7. The van der Waals surface area contributed by atoms with Crippen molar-refractivity contribution in [3.63, 3.8) is 0 Å². The molecule has 1 aliphatic carbocycles. The zero-order valence-electron chi connectivity index (χ0n) is 20.5. The van der Waals surface area contributed by atoms with Crippen molar-refractivity contribution < 1.29 is 22.6 Å². The van der Waals surface area contributed by atoms with Gasteiger partial charge in [0.2, 0.25) is 0 Å². The largest absolute Gasteiger partial charge is 0.491 e. The first-order valence-corrected chi connectivity index (χ1v) is 12.6. The third-order valence-electron chi connectivity index (χ3n) is 6.97. The van der Waals surface area contributed by atoms with Crippen LogP contribution in [0.2, 0.25) is 0 Å². The molecule has 35 heavy (non-hydrogen) atoms. The molecular formula is C30H33F3O2. The average Bonchev–Trinajstić information content (AvgIpc) is 2.87. The highest BCUT2D eigenvalue weighted by atomic mass is 19.2. The molecule has 1 aliphatic rings. The molecule has 0 amide bonds. The summed E-state index contributed by atoms with van der Waals surface area (Å²) in [4.78, 5) is 0. The van der Waals surface area contributed by atoms with Crippen LogP contribution in [-0.2, 0) is 6.61 Å². The lowest BCUT2D eigenvalue weighted by Crippen LogP contribution is -2.15. The van der Waals surface area contributed by atoms with E-state index in [4.69, 9.17) is 9.47 Å². The van der Waals surface area contributed by atoms with E-state index in [0.717, 1.165) is 37.2 Å². The fourth-order valence-corrected chi connectivity index (χ4v) is 5.06. The number of hydrogen-bond acceptors (Lipinski definition) is 2. The van der Waals surface area contributed by atoms with Crippen LogP contribution in [-0.4, -0.2) is 6.61 Å². The Morgan fingerprint density at radius 3 is 2.20 bits per heavy atom. The fraction of sp³-hybridized carbons (Fsp3) is 0.400. The molecule has 0 bridgehead atoms. The highest BCUT2D eigenvalue weighted by Gasteiger charge is 2.26. The van der Waals surface area contributed by atoms with Crippen molar-refractivity contribution in [2.75, 3.05) is 6.61 Å². The van der Waals surface area contributed by atoms with Crippen LogP contribution >= 0.6 is 0 Å². The summed E-state index contributed by atoms with van der Waals surface area (Å²) in [5.41, 5.74) is 2.21. The van der Waals surface area contributed by atoms with Gasteiger partial charge in [0.05, 0.1) is 6.61 Å². The van der Waals surface area contributed by atoms with Gasteiger partial charge in [-0.15, -0.1) is 0 Å². The molecule has 0 radical (unpaired) electrons. The standard InChI is InChI=1S/C30H33F3O2/c1-3-5-20-6-10-22(11-7-20)25-15-16-26(30(33)29(25)32)23-12-8-21(9-13-23)19-35-24-14-17-28(34-4-2)27(31)18-24/h8-9,12-18,20,22H,3-7,10-11,19H2,1-2H3. The molecule has 0 aliphatic heterocycles. The van der Waals surface area contributed by atoms with Crippen LogP contribution in [0.1, 0.15) is 69.4 Å². The van der Waals surface area contributed by atoms with Gasteiger partial charge in [-0.05, 0) is 73.3 Å². The first-order valence-electron chi connectivity index (χ1n) is 12.6. The normalized spacial score (nSPS) is 17.9. The van der Waals surface area contributed by atoms with Crippen molar-refractivity contribution in [3.05, 3.63) is 83.2 Å². The SMILES string of the molecule is CCCC1CCC(c2ccc(-c3ccc(COc4ccc(OCC)c(F)c4)cc3)c(F)c2F)CC1. The van der Waals surface area contributed by atoms with Gasteiger partial charge in [-0.25, -0.2) is 13.2 Å². The average molecular weight is 483 g/mol. The van der Waals surface area contributed by atoms with Gasteiger partial charge in [0.25, 0.3) is 0 Å². The van der Waals surface area contributed by atoms with Gasteiger partial charge in [-0.1, -0.05) is 56.2 Å². The maximum absolute atomic E-state index is 15.1. The second-order valence-electron chi connectivity index (χ2n) is 9.35. The molecule has 0 atom stereocenters. The lowest BCUT2D eigenvalue weighted by molar-refractivity contribution is 0.297. The molecule has 1 fully saturated rings. The summed E-state index contributed by atoms with van der Waals surface area (Å²) in [5, 5.41) is 0. The zero-order valence-corrected chi connectivity index (χ0v) is 20.5. The van der Waals surface area contributed by atoms with Crippen LogP contribution in [0.3, 0.4) is 0 Å². The molecule has 5 heteroatoms. The summed E-state index contributed by atoms with van der Waals surface area (Å²) < 4.78 is 55.0. The van der Waals surface area contributed by atoms with E-state index in [1.165, 1.54) is 25.0 Å². The van der Waals surface area contributed by atoms with Crippen LogP contribution < -0.4 is 9.47 Å². The van der Waals surface area contributed by atoms with Crippen LogP contribution in [0.4, 0.5) is 13.2 Å². The summed E-state index contributed by atoms with van der Waals surface area (Å²) in [5.74, 6) is -0.581. The van der Waals surface area contributed by atoms with Gasteiger partial charge < -0.3 is 9.47 Å². The Hall–Kier alpha value is -2.95. The first-order chi connectivity index (χ1) is 17.0. The Morgan fingerprint density at radius 2 is 1.54 bits per heavy atom. The van der Waals surface area contributed by atoms with Gasteiger partial charge in [-0.2, -0.15) is 0 Å². The van der Waals surface area contributed by atoms with Crippen molar-refractivity contribution in [1.29, 1.82) is 0 Å². The number of rotatable bonds is 9. The van der Waals surface area contributed by atoms with Gasteiger partial charge in [0.15, 0.2) is 23.2 Å². The van der Waals surface area contributed by atoms with E-state index in [-0.39, 0.29) is 23.8 Å². The van der Waals surface area contributed by atoms with Crippen molar-refractivity contribution in [1.82, 2.24) is 0 Å². The van der Waals surface area contributed by atoms with E-state index >= 15 is 8.78 Å². The topological polar surface area (TPSA) is 18.5 Å². The number of halogens is 3. The monoisotopic (exact) mass is 482 g/mol. The molecule has 0 N–H and O–H groups in total. The van der Waals surface area contributed by atoms with Gasteiger partial charge >= 0.3 is 0 Å². The van der Waals surface area contributed by atoms with E-state index in [0.29, 0.717) is 23.5 Å². The smallest absolute Gasteiger partial charge is 0.168 e. The number of benzene rings is 3. The van der Waals surface area contributed by atoms with Crippen molar-refractivity contribution in [2.24, 2.45) is 5.92 Å². The molecule has 0 aromatic heterocycles. The van der Waals surface area contributed by atoms with E-state index < -0.39 is 17.5 Å². The van der Waals surface area contributed by atoms with E-state index in [1.807, 2.05) is 0 Å². The van der Waals surface area contributed by atoms with Crippen LogP contribution in [0.15, 0.2) is 54.6 Å². The zero-order chi connectivity index (χ0) is 24.8. The minimum absolute atomic E-state index is 0.0959. The maximum Gasteiger partial charge on any atom is 0.168 e. The molecule has 3 aromatic carbocycles. The minimum atomic E-state index is -0.785. The molecule has 0 unspecified atom stereocenters. The first kappa shape index (κ1) is 25.2. The Balaban J connectivity index is 1.41. The Bertz CT molecular complexity index is 1120. The highest BCUT2D eigenvalue weighted by Crippen LogP contribution is 2.40. The van der Waals surface area contributed by atoms with E-state index in [2.05, 4.69) is 6.92 Å². The Morgan fingerprint density at radius 1 is 0.800 bits per heavy atom. The number of hydrogen-bond donors (Lipinski definition) is 0. The van der Waals surface area contributed by atoms with Crippen LogP contribution in [0, 0.1) is 23.4 Å². The summed E-state index contributed by atoms with van der Waals surface area (Å²) >= 11 is 0.